The molecule has 0 saturated heterocycles. The topological polar surface area (TPSA) is 44.3 Å². The second kappa shape index (κ2) is 6.19. The highest BCUT2D eigenvalue weighted by molar-refractivity contribution is 6.31. The van der Waals surface area contributed by atoms with Crippen LogP contribution in [0.1, 0.15) is 26.3 Å². The van der Waals surface area contributed by atoms with Gasteiger partial charge >= 0.3 is 0 Å². The molecule has 0 spiro atoms. The van der Waals surface area contributed by atoms with Gasteiger partial charge in [0.15, 0.2) is 6.20 Å². The zero-order valence-corrected chi connectivity index (χ0v) is 17.0. The van der Waals surface area contributed by atoms with E-state index in [9.17, 15) is 9.59 Å². The highest BCUT2D eigenvalue weighted by Crippen LogP contribution is 2.52. The second-order valence-electron chi connectivity index (χ2n) is 7.98. The molecule has 6 rings (SSSR count). The molecule has 0 fully saturated rings. The molecule has 3 aromatic carbocycles. The molecule has 0 radical (unpaired) electrons. The van der Waals surface area contributed by atoms with Crippen molar-refractivity contribution in [3.63, 3.8) is 0 Å². The molecule has 3 heterocycles. The number of fused-ring (bicyclic) bond motifs is 8. The SMILES string of the molecule is C=[N+]1c2ccccc2-c2c3c(c4ccc[n+](C)c4c21)C(=O)N(Cc1ccccc1)C3=O. The van der Waals surface area contributed by atoms with E-state index in [1.807, 2.05) is 89.1 Å². The fraction of sp³-hybridized carbons (Fsp3) is 0.0769. The van der Waals surface area contributed by atoms with Gasteiger partial charge < -0.3 is 0 Å². The number of carbonyl (C=O) groups is 2. The summed E-state index contributed by atoms with van der Waals surface area (Å²) in [6.45, 7) is 4.53. The molecule has 148 valence electrons. The number of nitrogens with zero attached hydrogens (tertiary/aromatic N) is 3. The van der Waals surface area contributed by atoms with Crippen LogP contribution in [0.5, 0.6) is 0 Å². The lowest BCUT2D eigenvalue weighted by atomic mass is 9.93. The van der Waals surface area contributed by atoms with Crippen LogP contribution < -0.4 is 9.14 Å². The smallest absolute Gasteiger partial charge is 0.270 e. The van der Waals surface area contributed by atoms with E-state index in [2.05, 4.69) is 6.72 Å². The average molecular weight is 405 g/mol. The Labute approximate surface area is 179 Å². The molecular weight excluding hydrogens is 386 g/mol. The Hall–Kier alpha value is -4.12. The molecule has 1 aromatic heterocycles. The van der Waals surface area contributed by atoms with E-state index in [0.717, 1.165) is 39.0 Å². The van der Waals surface area contributed by atoms with Crippen LogP contribution in [0, 0.1) is 0 Å². The lowest BCUT2D eigenvalue weighted by Crippen LogP contribution is -2.30. The highest BCUT2D eigenvalue weighted by Gasteiger charge is 2.48. The number of pyridine rings is 1. The fourth-order valence-corrected chi connectivity index (χ4v) is 4.88. The summed E-state index contributed by atoms with van der Waals surface area (Å²) < 4.78 is 3.88. The first-order valence-electron chi connectivity index (χ1n) is 10.2. The Balaban J connectivity index is 1.69. The Kier molecular flexibility index (Phi) is 3.54. The Morgan fingerprint density at radius 3 is 2.35 bits per heavy atom. The van der Waals surface area contributed by atoms with Gasteiger partial charge in [-0.2, -0.15) is 9.14 Å². The van der Waals surface area contributed by atoms with Crippen molar-refractivity contribution in [2.45, 2.75) is 6.54 Å². The summed E-state index contributed by atoms with van der Waals surface area (Å²) in [6.07, 6.45) is 1.95. The van der Waals surface area contributed by atoms with E-state index in [1.165, 1.54) is 4.90 Å². The molecule has 0 bridgehead atoms. The van der Waals surface area contributed by atoms with E-state index < -0.39 is 0 Å². The van der Waals surface area contributed by atoms with Crippen LogP contribution in [0.25, 0.3) is 22.0 Å². The van der Waals surface area contributed by atoms with Crippen molar-refractivity contribution in [3.05, 3.63) is 89.6 Å². The van der Waals surface area contributed by atoms with Crippen LogP contribution >= 0.6 is 0 Å². The predicted octanol–water partition coefficient (Wildman–Crippen LogP) is 3.98. The third-order valence-electron chi connectivity index (χ3n) is 6.25. The number of aromatic nitrogens is 1. The number of para-hydroxylation sites is 1. The predicted molar refractivity (Wildman–Crippen MR) is 120 cm³/mol. The number of carbonyl (C=O) groups excluding carboxylic acids is 2. The van der Waals surface area contributed by atoms with Gasteiger partial charge in [-0.1, -0.05) is 42.5 Å². The Morgan fingerprint density at radius 2 is 1.55 bits per heavy atom. The van der Waals surface area contributed by atoms with Crippen LogP contribution in [0.3, 0.4) is 0 Å². The maximum absolute atomic E-state index is 13.7. The van der Waals surface area contributed by atoms with Crippen molar-refractivity contribution >= 4 is 40.8 Å². The highest BCUT2D eigenvalue weighted by atomic mass is 16.2. The number of hydrogen-bond donors (Lipinski definition) is 0. The Morgan fingerprint density at radius 1 is 0.839 bits per heavy atom. The van der Waals surface area contributed by atoms with Crippen molar-refractivity contribution in [3.8, 4) is 11.1 Å². The maximum atomic E-state index is 13.7. The van der Waals surface area contributed by atoms with E-state index in [-0.39, 0.29) is 18.4 Å². The normalized spacial score (nSPS) is 14.2. The van der Waals surface area contributed by atoms with Gasteiger partial charge in [0.2, 0.25) is 5.69 Å². The van der Waals surface area contributed by atoms with Crippen LogP contribution in [-0.2, 0) is 13.6 Å². The molecule has 2 aliphatic heterocycles. The molecule has 0 aliphatic carbocycles. The summed E-state index contributed by atoms with van der Waals surface area (Å²) in [6, 6.07) is 21.3. The van der Waals surface area contributed by atoms with Crippen molar-refractivity contribution in [1.82, 2.24) is 9.48 Å². The summed E-state index contributed by atoms with van der Waals surface area (Å²) in [5.74, 6) is -0.499. The fourth-order valence-electron chi connectivity index (χ4n) is 4.88. The number of aryl methyl sites for hydroxylation is 1. The molecule has 5 heteroatoms. The molecule has 0 atom stereocenters. The van der Waals surface area contributed by atoms with Crippen molar-refractivity contribution in [2.75, 3.05) is 0 Å². The van der Waals surface area contributed by atoms with Crippen molar-refractivity contribution in [2.24, 2.45) is 7.05 Å². The van der Waals surface area contributed by atoms with Crippen LogP contribution in [-0.4, -0.2) is 23.4 Å². The van der Waals surface area contributed by atoms with Crippen molar-refractivity contribution < 1.29 is 14.2 Å². The summed E-state index contributed by atoms with van der Waals surface area (Å²) in [4.78, 5) is 28.6. The van der Waals surface area contributed by atoms with Gasteiger partial charge in [-0.25, -0.2) is 0 Å². The third-order valence-corrected chi connectivity index (χ3v) is 6.25. The molecule has 2 amide bonds. The van der Waals surface area contributed by atoms with Gasteiger partial charge in [-0.15, -0.1) is 0 Å². The summed E-state index contributed by atoms with van der Waals surface area (Å²) in [5.41, 5.74) is 6.29. The molecule has 2 aliphatic rings. The third kappa shape index (κ3) is 2.26. The molecule has 0 saturated carbocycles. The Bertz CT molecular complexity index is 1470. The van der Waals surface area contributed by atoms with Gasteiger partial charge in [0, 0.05) is 12.1 Å². The minimum atomic E-state index is -0.251. The standard InChI is InChI=1S/C26H19N3O2/c1-27-14-8-12-18-21-22(26(31)29(25(21)30)15-16-9-4-3-5-10-16)20-17-11-6-7-13-19(17)28(2)24(20)23(18)27/h3-14H,2,15H2,1H3/q+2. The molecule has 0 unspecified atom stereocenters. The lowest BCUT2D eigenvalue weighted by Gasteiger charge is -2.13. The largest absolute Gasteiger partial charge is 0.292 e. The molecule has 5 nitrogen and oxygen atoms in total. The quantitative estimate of drug-likeness (QED) is 0.329. The lowest BCUT2D eigenvalue weighted by molar-refractivity contribution is -0.644. The number of imide groups is 1. The summed E-state index contributed by atoms with van der Waals surface area (Å²) in [7, 11) is 1.95. The van der Waals surface area contributed by atoms with Crippen LogP contribution in [0.2, 0.25) is 0 Å². The van der Waals surface area contributed by atoms with Gasteiger partial charge in [0.25, 0.3) is 23.0 Å². The van der Waals surface area contributed by atoms with Gasteiger partial charge in [-0.3, -0.25) is 14.5 Å². The van der Waals surface area contributed by atoms with Gasteiger partial charge in [0.05, 0.1) is 34.2 Å². The van der Waals surface area contributed by atoms with Crippen LogP contribution in [0.15, 0.2) is 72.9 Å². The molecular formula is C26H19N3O2+2. The summed E-state index contributed by atoms with van der Waals surface area (Å²) >= 11 is 0. The van der Waals surface area contributed by atoms with E-state index in [0.29, 0.717) is 11.1 Å². The first kappa shape index (κ1) is 17.7. The van der Waals surface area contributed by atoms with E-state index in [1.54, 1.807) is 0 Å². The maximum Gasteiger partial charge on any atom is 0.292 e. The van der Waals surface area contributed by atoms with Crippen LogP contribution in [0.4, 0.5) is 11.4 Å². The zero-order chi connectivity index (χ0) is 21.3. The van der Waals surface area contributed by atoms with E-state index >= 15 is 0 Å². The minimum Gasteiger partial charge on any atom is -0.270 e. The van der Waals surface area contributed by atoms with Gasteiger partial charge in [-0.05, 0) is 17.7 Å². The number of hydrogen-bond acceptors (Lipinski definition) is 2. The average Bonchev–Trinajstić information content (AvgIpc) is 3.22. The molecule has 4 aromatic rings. The first-order chi connectivity index (χ1) is 15.1. The number of rotatable bonds is 2. The first-order valence-corrected chi connectivity index (χ1v) is 10.2. The monoisotopic (exact) mass is 405 g/mol. The van der Waals surface area contributed by atoms with Crippen molar-refractivity contribution in [1.29, 1.82) is 0 Å². The molecule has 31 heavy (non-hydrogen) atoms. The summed E-state index contributed by atoms with van der Waals surface area (Å²) in [5, 5.41) is 0.772. The number of benzene rings is 3. The minimum absolute atomic E-state index is 0.247. The zero-order valence-electron chi connectivity index (χ0n) is 17.0. The van der Waals surface area contributed by atoms with E-state index in [4.69, 9.17) is 0 Å². The second-order valence-corrected chi connectivity index (χ2v) is 7.98. The van der Waals surface area contributed by atoms with Gasteiger partial charge in [0.1, 0.15) is 13.8 Å². The molecule has 0 N–H and O–H groups in total. The number of amides is 2.